The van der Waals surface area contributed by atoms with Crippen LogP contribution in [-0.4, -0.2) is 15.8 Å². The lowest BCUT2D eigenvalue weighted by Gasteiger charge is -2.17. The zero-order valence-electron chi connectivity index (χ0n) is 7.90. The average Bonchev–Trinajstić information content (AvgIpc) is 2.53. The average molecular weight is 177 g/mol. The van der Waals surface area contributed by atoms with Gasteiger partial charge in [-0.1, -0.05) is 12.2 Å². The summed E-state index contributed by atoms with van der Waals surface area (Å²) in [4.78, 5) is 0. The highest BCUT2D eigenvalue weighted by Gasteiger charge is 2.08. The van der Waals surface area contributed by atoms with Crippen molar-refractivity contribution >= 4 is 5.82 Å². The lowest BCUT2D eigenvalue weighted by atomic mass is 10.0. The Hall–Kier alpha value is -1.25. The van der Waals surface area contributed by atoms with Crippen molar-refractivity contribution in [2.75, 3.05) is 5.32 Å². The van der Waals surface area contributed by atoms with E-state index >= 15 is 0 Å². The molecule has 0 amide bonds. The van der Waals surface area contributed by atoms with Crippen molar-refractivity contribution in [2.24, 2.45) is 7.05 Å². The fourth-order valence-electron chi connectivity index (χ4n) is 1.61. The molecule has 1 aliphatic carbocycles. The molecule has 3 nitrogen and oxygen atoms in total. The molecule has 13 heavy (non-hydrogen) atoms. The second kappa shape index (κ2) is 3.64. The van der Waals surface area contributed by atoms with Gasteiger partial charge in [-0.25, -0.2) is 0 Å². The second-order valence-electron chi connectivity index (χ2n) is 3.48. The fraction of sp³-hybridized carbons (Fsp3) is 0.500. The molecule has 0 aliphatic heterocycles. The van der Waals surface area contributed by atoms with Gasteiger partial charge in [0.2, 0.25) is 0 Å². The molecule has 3 heteroatoms. The summed E-state index contributed by atoms with van der Waals surface area (Å²) in [6.07, 6.45) is 10.1. The van der Waals surface area contributed by atoms with E-state index in [0.29, 0.717) is 6.04 Å². The Morgan fingerprint density at radius 3 is 3.15 bits per heavy atom. The molecule has 1 heterocycles. The molecule has 0 fully saturated rings. The van der Waals surface area contributed by atoms with Crippen molar-refractivity contribution in [3.63, 3.8) is 0 Å². The molecule has 1 unspecified atom stereocenters. The van der Waals surface area contributed by atoms with Crippen LogP contribution in [0.1, 0.15) is 19.3 Å². The number of rotatable bonds is 2. The molecule has 2 rings (SSSR count). The van der Waals surface area contributed by atoms with E-state index < -0.39 is 0 Å². The van der Waals surface area contributed by atoms with Gasteiger partial charge in [0.15, 0.2) is 0 Å². The van der Waals surface area contributed by atoms with Crippen molar-refractivity contribution in [1.82, 2.24) is 9.78 Å². The topological polar surface area (TPSA) is 29.9 Å². The molecule has 0 bridgehead atoms. The predicted molar refractivity (Wildman–Crippen MR) is 53.6 cm³/mol. The highest BCUT2D eigenvalue weighted by Crippen LogP contribution is 2.14. The lowest BCUT2D eigenvalue weighted by molar-refractivity contribution is 0.668. The molecule has 0 aromatic carbocycles. The molecule has 0 spiro atoms. The summed E-state index contributed by atoms with van der Waals surface area (Å²) in [5.74, 6) is 0.971. The first kappa shape index (κ1) is 8.35. The van der Waals surface area contributed by atoms with Crippen molar-refractivity contribution in [2.45, 2.75) is 25.3 Å². The molecule has 70 valence electrons. The highest BCUT2D eigenvalue weighted by molar-refractivity contribution is 5.35. The van der Waals surface area contributed by atoms with Gasteiger partial charge < -0.3 is 5.32 Å². The van der Waals surface area contributed by atoms with Gasteiger partial charge in [0.25, 0.3) is 0 Å². The van der Waals surface area contributed by atoms with Crippen LogP contribution in [0.2, 0.25) is 0 Å². The Balaban J connectivity index is 1.97. The van der Waals surface area contributed by atoms with Crippen molar-refractivity contribution < 1.29 is 0 Å². The van der Waals surface area contributed by atoms with Crippen LogP contribution in [0.3, 0.4) is 0 Å². The van der Waals surface area contributed by atoms with Crippen LogP contribution in [0.25, 0.3) is 0 Å². The predicted octanol–water partition coefficient (Wildman–Crippen LogP) is 1.94. The summed E-state index contributed by atoms with van der Waals surface area (Å²) in [6, 6.07) is 2.48. The number of allylic oxidation sites excluding steroid dienone is 1. The molecule has 1 aliphatic rings. The number of nitrogens with zero attached hydrogens (tertiary/aromatic N) is 2. The Bertz CT molecular complexity index is 301. The number of nitrogens with one attached hydrogen (secondary N) is 1. The Morgan fingerprint density at radius 2 is 2.54 bits per heavy atom. The Morgan fingerprint density at radius 1 is 1.62 bits per heavy atom. The lowest BCUT2D eigenvalue weighted by Crippen LogP contribution is -2.18. The maximum absolute atomic E-state index is 4.28. The van der Waals surface area contributed by atoms with Crippen LogP contribution >= 0.6 is 0 Å². The van der Waals surface area contributed by atoms with Crippen LogP contribution in [0.5, 0.6) is 0 Å². The maximum atomic E-state index is 4.28. The smallest absolute Gasteiger partial charge is 0.148 e. The minimum Gasteiger partial charge on any atom is -0.362 e. The first-order valence-corrected chi connectivity index (χ1v) is 4.77. The van der Waals surface area contributed by atoms with Crippen LogP contribution in [0.15, 0.2) is 24.4 Å². The van der Waals surface area contributed by atoms with Gasteiger partial charge >= 0.3 is 0 Å². The SMILES string of the molecule is Cn1ccc(NC2C=CCCC2)n1. The van der Waals surface area contributed by atoms with Gasteiger partial charge in [0.05, 0.1) is 0 Å². The molecule has 1 atom stereocenters. The van der Waals surface area contributed by atoms with Gasteiger partial charge in [-0.15, -0.1) is 0 Å². The Labute approximate surface area is 78.4 Å². The van der Waals surface area contributed by atoms with E-state index in [4.69, 9.17) is 0 Å². The summed E-state index contributed by atoms with van der Waals surface area (Å²) in [7, 11) is 1.93. The summed E-state index contributed by atoms with van der Waals surface area (Å²) >= 11 is 0. The largest absolute Gasteiger partial charge is 0.362 e. The molecule has 1 aromatic rings. The van der Waals surface area contributed by atoms with Crippen molar-refractivity contribution in [1.29, 1.82) is 0 Å². The fourth-order valence-corrected chi connectivity index (χ4v) is 1.61. The van der Waals surface area contributed by atoms with E-state index in [1.54, 1.807) is 0 Å². The number of hydrogen-bond acceptors (Lipinski definition) is 2. The zero-order valence-corrected chi connectivity index (χ0v) is 7.90. The van der Waals surface area contributed by atoms with E-state index in [-0.39, 0.29) is 0 Å². The van der Waals surface area contributed by atoms with Crippen molar-refractivity contribution in [3.8, 4) is 0 Å². The maximum Gasteiger partial charge on any atom is 0.148 e. The number of aryl methyl sites for hydroxylation is 1. The number of aromatic nitrogens is 2. The first-order valence-electron chi connectivity index (χ1n) is 4.77. The normalized spacial score (nSPS) is 21.8. The van der Waals surface area contributed by atoms with Crippen LogP contribution in [0, 0.1) is 0 Å². The molecular formula is C10H15N3. The van der Waals surface area contributed by atoms with Crippen LogP contribution < -0.4 is 5.32 Å². The van der Waals surface area contributed by atoms with E-state index in [9.17, 15) is 0 Å². The Kier molecular flexibility index (Phi) is 2.34. The van der Waals surface area contributed by atoms with Gasteiger partial charge in [0, 0.05) is 25.4 Å². The third-order valence-electron chi connectivity index (χ3n) is 2.30. The minimum absolute atomic E-state index is 0.476. The number of hydrogen-bond donors (Lipinski definition) is 1. The van der Waals surface area contributed by atoms with Crippen LogP contribution in [-0.2, 0) is 7.05 Å². The van der Waals surface area contributed by atoms with Crippen molar-refractivity contribution in [3.05, 3.63) is 24.4 Å². The van der Waals surface area contributed by atoms with Crippen LogP contribution in [0.4, 0.5) is 5.82 Å². The summed E-state index contributed by atoms with van der Waals surface area (Å²) in [6.45, 7) is 0. The molecule has 1 N–H and O–H groups in total. The van der Waals surface area contributed by atoms with E-state index in [1.807, 2.05) is 24.0 Å². The zero-order chi connectivity index (χ0) is 9.10. The molecule has 0 saturated heterocycles. The molecular weight excluding hydrogens is 162 g/mol. The third kappa shape index (κ3) is 2.11. The highest BCUT2D eigenvalue weighted by atomic mass is 15.3. The summed E-state index contributed by atoms with van der Waals surface area (Å²) < 4.78 is 1.81. The second-order valence-corrected chi connectivity index (χ2v) is 3.48. The third-order valence-corrected chi connectivity index (χ3v) is 2.30. The van der Waals surface area contributed by atoms with Gasteiger partial charge in [-0.3, -0.25) is 4.68 Å². The van der Waals surface area contributed by atoms with Gasteiger partial charge in [-0.05, 0) is 19.3 Å². The molecule has 0 radical (unpaired) electrons. The van der Waals surface area contributed by atoms with E-state index in [0.717, 1.165) is 5.82 Å². The monoisotopic (exact) mass is 177 g/mol. The molecule has 1 aromatic heterocycles. The van der Waals surface area contributed by atoms with E-state index in [2.05, 4.69) is 22.6 Å². The van der Waals surface area contributed by atoms with Gasteiger partial charge in [-0.2, -0.15) is 5.10 Å². The summed E-state index contributed by atoms with van der Waals surface area (Å²) in [5.41, 5.74) is 0. The standard InChI is InChI=1S/C10H15N3/c1-13-8-7-10(12-13)11-9-5-3-2-4-6-9/h3,5,7-9H,2,4,6H2,1H3,(H,11,12). The van der Waals surface area contributed by atoms with E-state index in [1.165, 1.54) is 19.3 Å². The number of anilines is 1. The van der Waals surface area contributed by atoms with Gasteiger partial charge in [0.1, 0.15) is 5.82 Å². The first-order chi connectivity index (χ1) is 6.34. The summed E-state index contributed by atoms with van der Waals surface area (Å²) in [5, 5.41) is 7.66. The molecule has 0 saturated carbocycles. The minimum atomic E-state index is 0.476. The quantitative estimate of drug-likeness (QED) is 0.700.